The van der Waals surface area contributed by atoms with E-state index < -0.39 is 30.4 Å². The quantitative estimate of drug-likeness (QED) is 0.442. The molecule has 0 aliphatic rings. The molecule has 0 spiro atoms. The SMILES string of the molecule is Cc1cc(SC#N)ccc1NC(=O)COC(=O)[C@H](C)Oc1ccc(F)cc1. The van der Waals surface area contributed by atoms with Gasteiger partial charge in [0.25, 0.3) is 5.91 Å². The molecule has 0 saturated heterocycles. The molecule has 0 radical (unpaired) electrons. The van der Waals surface area contributed by atoms with Gasteiger partial charge in [-0.2, -0.15) is 5.26 Å². The number of amides is 1. The molecule has 0 unspecified atom stereocenters. The van der Waals surface area contributed by atoms with Crippen molar-refractivity contribution in [1.29, 1.82) is 5.26 Å². The summed E-state index contributed by atoms with van der Waals surface area (Å²) in [6.07, 6.45) is -0.952. The number of hydrogen-bond donors (Lipinski definition) is 1. The molecule has 0 bridgehead atoms. The van der Waals surface area contributed by atoms with Crippen LogP contribution < -0.4 is 10.1 Å². The minimum absolute atomic E-state index is 0.316. The summed E-state index contributed by atoms with van der Waals surface area (Å²) in [7, 11) is 0. The molecule has 1 amide bonds. The smallest absolute Gasteiger partial charge is 0.347 e. The highest BCUT2D eigenvalue weighted by atomic mass is 32.2. The Balaban J connectivity index is 1.83. The van der Waals surface area contributed by atoms with Crippen molar-refractivity contribution in [3.05, 3.63) is 53.8 Å². The van der Waals surface area contributed by atoms with E-state index >= 15 is 0 Å². The van der Waals surface area contributed by atoms with E-state index in [9.17, 15) is 14.0 Å². The molecule has 27 heavy (non-hydrogen) atoms. The molecule has 2 rings (SSSR count). The van der Waals surface area contributed by atoms with Crippen molar-refractivity contribution in [2.45, 2.75) is 24.8 Å². The van der Waals surface area contributed by atoms with E-state index in [1.54, 1.807) is 25.1 Å². The van der Waals surface area contributed by atoms with Crippen LogP contribution >= 0.6 is 11.8 Å². The Hall–Kier alpha value is -3.05. The van der Waals surface area contributed by atoms with Crippen molar-refractivity contribution < 1.29 is 23.5 Å². The molecule has 1 N–H and O–H groups in total. The van der Waals surface area contributed by atoms with Crippen LogP contribution in [-0.4, -0.2) is 24.6 Å². The van der Waals surface area contributed by atoms with E-state index in [4.69, 9.17) is 14.7 Å². The molecule has 2 aromatic rings. The van der Waals surface area contributed by atoms with Gasteiger partial charge in [-0.25, -0.2) is 9.18 Å². The number of aryl methyl sites for hydroxylation is 1. The van der Waals surface area contributed by atoms with Crippen LogP contribution in [0.5, 0.6) is 5.75 Å². The number of benzene rings is 2. The lowest BCUT2D eigenvalue weighted by Crippen LogP contribution is -2.29. The minimum Gasteiger partial charge on any atom is -0.479 e. The van der Waals surface area contributed by atoms with Gasteiger partial charge in [-0.1, -0.05) is 0 Å². The Labute approximate surface area is 160 Å². The minimum atomic E-state index is -0.952. The van der Waals surface area contributed by atoms with Crippen LogP contribution in [0.2, 0.25) is 0 Å². The van der Waals surface area contributed by atoms with Crippen molar-refractivity contribution in [3.8, 4) is 11.2 Å². The number of anilines is 1. The van der Waals surface area contributed by atoms with Gasteiger partial charge in [0.1, 0.15) is 17.0 Å². The fraction of sp³-hybridized carbons (Fsp3) is 0.211. The molecular formula is C19H17FN2O4S. The molecule has 8 heteroatoms. The molecule has 0 aliphatic carbocycles. The van der Waals surface area contributed by atoms with Crippen molar-refractivity contribution in [2.75, 3.05) is 11.9 Å². The normalized spacial score (nSPS) is 11.2. The largest absolute Gasteiger partial charge is 0.479 e. The summed E-state index contributed by atoms with van der Waals surface area (Å²) < 4.78 is 23.1. The predicted molar refractivity (Wildman–Crippen MR) is 98.7 cm³/mol. The zero-order valence-corrected chi connectivity index (χ0v) is 15.5. The highest BCUT2D eigenvalue weighted by molar-refractivity contribution is 8.03. The maximum Gasteiger partial charge on any atom is 0.347 e. The molecule has 1 atom stereocenters. The lowest BCUT2D eigenvalue weighted by atomic mass is 10.2. The number of hydrogen-bond acceptors (Lipinski definition) is 6. The lowest BCUT2D eigenvalue weighted by Gasteiger charge is -2.14. The van der Waals surface area contributed by atoms with Gasteiger partial charge in [-0.15, -0.1) is 0 Å². The average Bonchev–Trinajstić information content (AvgIpc) is 2.64. The number of thioether (sulfide) groups is 1. The molecular weight excluding hydrogens is 371 g/mol. The van der Waals surface area contributed by atoms with Crippen molar-refractivity contribution in [3.63, 3.8) is 0 Å². The van der Waals surface area contributed by atoms with E-state index in [1.807, 2.05) is 5.40 Å². The van der Waals surface area contributed by atoms with Gasteiger partial charge in [-0.3, -0.25) is 4.79 Å². The van der Waals surface area contributed by atoms with Crippen LogP contribution in [0.3, 0.4) is 0 Å². The van der Waals surface area contributed by atoms with Gasteiger partial charge in [-0.05, 0) is 73.6 Å². The number of halogens is 1. The molecule has 0 saturated carbocycles. The summed E-state index contributed by atoms with van der Waals surface area (Å²) in [6, 6.07) is 10.4. The standard InChI is InChI=1S/C19H17FN2O4S/c1-12-9-16(27-11-21)7-8-17(12)22-18(23)10-25-19(24)13(2)26-15-5-3-14(20)4-6-15/h3-9,13H,10H2,1-2H3,(H,22,23)/t13-/m0/s1. The van der Waals surface area contributed by atoms with Gasteiger partial charge in [0.15, 0.2) is 12.7 Å². The van der Waals surface area contributed by atoms with E-state index in [1.165, 1.54) is 31.2 Å². The average molecular weight is 388 g/mol. The Kier molecular flexibility index (Phi) is 7.20. The Morgan fingerprint density at radius 2 is 1.96 bits per heavy atom. The molecule has 0 heterocycles. The highest BCUT2D eigenvalue weighted by Crippen LogP contribution is 2.23. The summed E-state index contributed by atoms with van der Waals surface area (Å²) in [5.41, 5.74) is 1.34. The predicted octanol–water partition coefficient (Wildman–Crippen LogP) is 3.66. The van der Waals surface area contributed by atoms with Gasteiger partial charge >= 0.3 is 5.97 Å². The summed E-state index contributed by atoms with van der Waals surface area (Å²) in [6.45, 7) is 2.80. The van der Waals surface area contributed by atoms with Crippen LogP contribution in [0.4, 0.5) is 10.1 Å². The van der Waals surface area contributed by atoms with Crippen LogP contribution in [0, 0.1) is 23.4 Å². The number of carbonyl (C=O) groups is 2. The van der Waals surface area contributed by atoms with Gasteiger partial charge in [0, 0.05) is 10.6 Å². The number of rotatable bonds is 7. The molecule has 140 valence electrons. The van der Waals surface area contributed by atoms with Crippen LogP contribution in [0.25, 0.3) is 0 Å². The van der Waals surface area contributed by atoms with Gasteiger partial charge < -0.3 is 14.8 Å². The third kappa shape index (κ3) is 6.31. The first-order chi connectivity index (χ1) is 12.9. The third-order valence-corrected chi connectivity index (χ3v) is 4.02. The highest BCUT2D eigenvalue weighted by Gasteiger charge is 2.18. The fourth-order valence-electron chi connectivity index (χ4n) is 2.10. The van der Waals surface area contributed by atoms with Gasteiger partial charge in [0.05, 0.1) is 0 Å². The number of nitrogens with one attached hydrogen (secondary N) is 1. The molecule has 0 aliphatic heterocycles. The number of nitrogens with zero attached hydrogens (tertiary/aromatic N) is 1. The lowest BCUT2D eigenvalue weighted by molar-refractivity contribution is -0.153. The maximum atomic E-state index is 12.9. The Morgan fingerprint density at radius 1 is 1.26 bits per heavy atom. The molecule has 6 nitrogen and oxygen atoms in total. The molecule has 0 aromatic heterocycles. The zero-order chi connectivity index (χ0) is 19.8. The first kappa shape index (κ1) is 20.3. The number of esters is 1. The molecule has 0 fully saturated rings. The van der Waals surface area contributed by atoms with E-state index in [-0.39, 0.29) is 0 Å². The first-order valence-electron chi connectivity index (χ1n) is 7.94. The number of nitriles is 1. The summed E-state index contributed by atoms with van der Waals surface area (Å²) >= 11 is 1.02. The second-order valence-electron chi connectivity index (χ2n) is 5.54. The van der Waals surface area contributed by atoms with Crippen LogP contribution in [0.1, 0.15) is 12.5 Å². The van der Waals surface area contributed by atoms with Crippen LogP contribution in [0.15, 0.2) is 47.4 Å². The van der Waals surface area contributed by atoms with Crippen molar-refractivity contribution in [1.82, 2.24) is 0 Å². The number of ether oxygens (including phenoxy) is 2. The van der Waals surface area contributed by atoms with E-state index in [0.29, 0.717) is 11.4 Å². The number of carbonyl (C=O) groups excluding carboxylic acids is 2. The second kappa shape index (κ2) is 9.59. The maximum absolute atomic E-state index is 12.9. The van der Waals surface area contributed by atoms with Crippen LogP contribution in [-0.2, 0) is 14.3 Å². The Morgan fingerprint density at radius 3 is 2.59 bits per heavy atom. The number of thiocyanates is 1. The summed E-state index contributed by atoms with van der Waals surface area (Å²) in [5, 5.41) is 13.3. The van der Waals surface area contributed by atoms with E-state index in [0.717, 1.165) is 22.2 Å². The van der Waals surface area contributed by atoms with E-state index in [2.05, 4.69) is 5.32 Å². The topological polar surface area (TPSA) is 88.4 Å². The fourth-order valence-corrected chi connectivity index (χ4v) is 2.58. The third-order valence-electron chi connectivity index (χ3n) is 3.44. The van der Waals surface area contributed by atoms with Gasteiger partial charge in [0.2, 0.25) is 0 Å². The Bertz CT molecular complexity index is 865. The van der Waals surface area contributed by atoms with Crippen molar-refractivity contribution >= 4 is 29.3 Å². The first-order valence-corrected chi connectivity index (χ1v) is 8.76. The van der Waals surface area contributed by atoms with Crippen molar-refractivity contribution in [2.24, 2.45) is 0 Å². The second-order valence-corrected chi connectivity index (χ2v) is 6.40. The molecule has 2 aromatic carbocycles. The summed E-state index contributed by atoms with van der Waals surface area (Å²) in [5.74, 6) is -1.31. The summed E-state index contributed by atoms with van der Waals surface area (Å²) in [4.78, 5) is 24.7. The zero-order valence-electron chi connectivity index (χ0n) is 14.7. The monoisotopic (exact) mass is 388 g/mol.